The Hall–Kier alpha value is -1.59. The molecule has 1 saturated carbocycles. The normalized spacial score (nSPS) is 24.3. The highest BCUT2D eigenvalue weighted by molar-refractivity contribution is 5.81. The number of carbonyl (C=O) groups is 1. The van der Waals surface area contributed by atoms with Crippen LogP contribution in [0.15, 0.2) is 24.3 Å². The maximum absolute atomic E-state index is 12.0. The van der Waals surface area contributed by atoms with Gasteiger partial charge in [-0.1, -0.05) is 18.6 Å². The summed E-state index contributed by atoms with van der Waals surface area (Å²) in [6.45, 7) is 3.56. The van der Waals surface area contributed by atoms with Gasteiger partial charge in [0.2, 0.25) is 5.91 Å². The Morgan fingerprint density at radius 3 is 2.33 bits per heavy atom. The van der Waals surface area contributed by atoms with Gasteiger partial charge in [-0.15, -0.1) is 0 Å². The number of carbonyl (C=O) groups excluding carboxylic acids is 1. The Morgan fingerprint density at radius 2 is 1.78 bits per heavy atom. The largest absolute Gasteiger partial charge is 0.490 e. The van der Waals surface area contributed by atoms with E-state index in [1.54, 1.807) is 0 Å². The summed E-state index contributed by atoms with van der Waals surface area (Å²) in [4.78, 5) is 14.7. The summed E-state index contributed by atoms with van der Waals surface area (Å²) in [5.74, 6) is 0.727. The molecule has 0 unspecified atom stereocenters. The summed E-state index contributed by atoms with van der Waals surface area (Å²) in [6, 6.07) is 9.09. The molecule has 2 saturated heterocycles. The zero-order valence-electron chi connectivity index (χ0n) is 16.2. The van der Waals surface area contributed by atoms with Crippen molar-refractivity contribution in [3.63, 3.8) is 0 Å². The van der Waals surface area contributed by atoms with Gasteiger partial charge in [-0.2, -0.15) is 0 Å². The predicted molar refractivity (Wildman–Crippen MR) is 105 cm³/mol. The second kappa shape index (κ2) is 8.19. The van der Waals surface area contributed by atoms with Gasteiger partial charge >= 0.3 is 0 Å². The van der Waals surface area contributed by atoms with Crippen LogP contribution in [0.3, 0.4) is 0 Å². The van der Waals surface area contributed by atoms with Crippen LogP contribution in [0.2, 0.25) is 0 Å². The van der Waals surface area contributed by atoms with Crippen LogP contribution < -0.4 is 10.5 Å². The first-order chi connectivity index (χ1) is 13.1. The average molecular weight is 373 g/mol. The van der Waals surface area contributed by atoms with E-state index in [1.807, 2.05) is 12.1 Å². The van der Waals surface area contributed by atoms with E-state index in [1.165, 1.54) is 19.3 Å². The Labute approximate surface area is 162 Å². The van der Waals surface area contributed by atoms with Gasteiger partial charge < -0.3 is 20.1 Å². The van der Waals surface area contributed by atoms with Crippen molar-refractivity contribution in [2.75, 3.05) is 26.3 Å². The van der Waals surface area contributed by atoms with Crippen molar-refractivity contribution in [2.45, 2.75) is 63.5 Å². The second-order valence-electron chi connectivity index (χ2n) is 8.52. The number of rotatable bonds is 6. The molecule has 0 bridgehead atoms. The molecule has 2 heterocycles. The van der Waals surface area contributed by atoms with Crippen LogP contribution in [0.1, 0.15) is 50.5 Å². The molecule has 3 fully saturated rings. The van der Waals surface area contributed by atoms with Crippen molar-refractivity contribution < 1.29 is 14.3 Å². The van der Waals surface area contributed by atoms with E-state index in [0.717, 1.165) is 43.3 Å². The third-order valence-electron chi connectivity index (χ3n) is 6.81. The fourth-order valence-electron chi connectivity index (χ4n) is 4.65. The van der Waals surface area contributed by atoms with Gasteiger partial charge in [0, 0.05) is 32.3 Å². The molecule has 3 aliphatic rings. The summed E-state index contributed by atoms with van der Waals surface area (Å²) in [5, 5.41) is 0. The van der Waals surface area contributed by atoms with E-state index in [0.29, 0.717) is 38.6 Å². The van der Waals surface area contributed by atoms with E-state index in [-0.39, 0.29) is 5.91 Å². The molecule has 1 aromatic rings. The van der Waals surface area contributed by atoms with Gasteiger partial charge in [-0.05, 0) is 62.6 Å². The van der Waals surface area contributed by atoms with Gasteiger partial charge in [0.05, 0.1) is 5.41 Å². The number of amides is 1. The lowest BCUT2D eigenvalue weighted by molar-refractivity contribution is -0.133. The Balaban J connectivity index is 1.30. The molecule has 4 rings (SSSR count). The molecule has 1 aromatic carbocycles. The molecule has 2 aliphatic heterocycles. The van der Waals surface area contributed by atoms with Crippen LogP contribution in [0.5, 0.6) is 5.75 Å². The van der Waals surface area contributed by atoms with Crippen LogP contribution in [-0.4, -0.2) is 49.3 Å². The third-order valence-corrected chi connectivity index (χ3v) is 6.81. The zero-order chi connectivity index (χ0) is 18.7. The molecular formula is C22H32N2O3. The number of likely N-dealkylation sites (tertiary alicyclic amines) is 1. The maximum atomic E-state index is 12.0. The van der Waals surface area contributed by atoms with E-state index in [4.69, 9.17) is 15.2 Å². The smallest absolute Gasteiger partial charge is 0.224 e. The number of primary amides is 1. The fourth-order valence-corrected chi connectivity index (χ4v) is 4.65. The lowest BCUT2D eigenvalue weighted by Gasteiger charge is -2.41. The molecule has 0 atom stereocenters. The van der Waals surface area contributed by atoms with Crippen molar-refractivity contribution in [1.82, 2.24) is 4.90 Å². The SMILES string of the molecule is NC(=O)C1(Cc2ccc(OC3CCN(C4CCC4)CC3)cc2)CCOCC1. The number of piperidine rings is 1. The quantitative estimate of drug-likeness (QED) is 0.834. The first-order valence-electron chi connectivity index (χ1n) is 10.5. The highest BCUT2D eigenvalue weighted by atomic mass is 16.5. The number of ether oxygens (including phenoxy) is 2. The maximum Gasteiger partial charge on any atom is 0.224 e. The topological polar surface area (TPSA) is 64.8 Å². The molecule has 0 radical (unpaired) electrons. The van der Waals surface area contributed by atoms with E-state index >= 15 is 0 Å². The van der Waals surface area contributed by atoms with Crippen LogP contribution in [0.4, 0.5) is 0 Å². The second-order valence-corrected chi connectivity index (χ2v) is 8.52. The summed E-state index contributed by atoms with van der Waals surface area (Å²) in [6.07, 6.45) is 8.81. The van der Waals surface area contributed by atoms with Crippen LogP contribution in [-0.2, 0) is 16.0 Å². The summed E-state index contributed by atoms with van der Waals surface area (Å²) in [7, 11) is 0. The fraction of sp³-hybridized carbons (Fsp3) is 0.682. The van der Waals surface area contributed by atoms with Crippen LogP contribution in [0.25, 0.3) is 0 Å². The minimum atomic E-state index is -0.463. The predicted octanol–water partition coefficient (Wildman–Crippen LogP) is 2.91. The molecule has 5 nitrogen and oxygen atoms in total. The first kappa shape index (κ1) is 18.8. The monoisotopic (exact) mass is 372 g/mol. The number of hydrogen-bond acceptors (Lipinski definition) is 4. The van der Waals surface area contributed by atoms with E-state index in [9.17, 15) is 4.79 Å². The van der Waals surface area contributed by atoms with Gasteiger partial charge in [0.15, 0.2) is 0 Å². The number of nitrogens with two attached hydrogens (primary N) is 1. The molecule has 0 spiro atoms. The molecule has 5 heteroatoms. The highest BCUT2D eigenvalue weighted by Gasteiger charge is 2.38. The van der Waals surface area contributed by atoms with Crippen LogP contribution >= 0.6 is 0 Å². The molecular weight excluding hydrogens is 340 g/mol. The van der Waals surface area contributed by atoms with E-state index in [2.05, 4.69) is 17.0 Å². The van der Waals surface area contributed by atoms with Gasteiger partial charge in [-0.3, -0.25) is 4.79 Å². The molecule has 148 valence electrons. The number of hydrogen-bond donors (Lipinski definition) is 1. The van der Waals surface area contributed by atoms with Crippen molar-refractivity contribution in [2.24, 2.45) is 11.1 Å². The summed E-state index contributed by atoms with van der Waals surface area (Å²) < 4.78 is 11.6. The minimum absolute atomic E-state index is 0.204. The number of nitrogens with zero attached hydrogens (tertiary/aromatic N) is 1. The lowest BCUT2D eigenvalue weighted by atomic mass is 9.74. The standard InChI is InChI=1S/C22H32N2O3/c23-21(25)22(10-14-26-15-11-22)16-17-4-6-19(7-5-17)27-20-8-12-24(13-9-20)18-2-1-3-18/h4-7,18,20H,1-3,8-16H2,(H2,23,25). The molecule has 27 heavy (non-hydrogen) atoms. The van der Waals surface area contributed by atoms with Crippen LogP contribution in [0, 0.1) is 5.41 Å². The van der Waals surface area contributed by atoms with Gasteiger partial charge in [-0.25, -0.2) is 0 Å². The zero-order valence-corrected chi connectivity index (χ0v) is 16.2. The Bertz CT molecular complexity index is 627. The Kier molecular flexibility index (Phi) is 5.69. The molecule has 1 aliphatic carbocycles. The van der Waals surface area contributed by atoms with Crippen molar-refractivity contribution in [1.29, 1.82) is 0 Å². The summed E-state index contributed by atoms with van der Waals surface area (Å²) in [5.41, 5.74) is 6.41. The number of benzene rings is 1. The van der Waals surface area contributed by atoms with Crippen molar-refractivity contribution >= 4 is 5.91 Å². The van der Waals surface area contributed by atoms with Crippen molar-refractivity contribution in [3.05, 3.63) is 29.8 Å². The molecule has 0 aromatic heterocycles. The van der Waals surface area contributed by atoms with E-state index < -0.39 is 5.41 Å². The summed E-state index contributed by atoms with van der Waals surface area (Å²) >= 11 is 0. The third kappa shape index (κ3) is 4.30. The first-order valence-corrected chi connectivity index (χ1v) is 10.5. The van der Waals surface area contributed by atoms with Gasteiger partial charge in [0.1, 0.15) is 11.9 Å². The van der Waals surface area contributed by atoms with Crippen molar-refractivity contribution in [3.8, 4) is 5.75 Å². The van der Waals surface area contributed by atoms with Gasteiger partial charge in [0.25, 0.3) is 0 Å². The minimum Gasteiger partial charge on any atom is -0.490 e. The average Bonchev–Trinajstić information content (AvgIpc) is 2.64. The lowest BCUT2D eigenvalue weighted by Crippen LogP contribution is -2.46. The Morgan fingerprint density at radius 1 is 1.11 bits per heavy atom. The highest BCUT2D eigenvalue weighted by Crippen LogP contribution is 2.35. The molecule has 1 amide bonds. The molecule has 2 N–H and O–H groups in total.